The Morgan fingerprint density at radius 1 is 0.514 bits per heavy atom. The zero-order valence-electron chi connectivity index (χ0n) is 44.3. The number of benzene rings is 2. The van der Waals surface area contributed by atoms with Crippen molar-refractivity contribution in [2.75, 3.05) is 179 Å². The second-order valence-electron chi connectivity index (χ2n) is 17.7. The summed E-state index contributed by atoms with van der Waals surface area (Å²) in [5.74, 6) is -1.46. The van der Waals surface area contributed by atoms with E-state index < -0.39 is 29.6 Å². The number of fused-ring (bicyclic) bond motifs is 3. The van der Waals surface area contributed by atoms with Crippen LogP contribution in [0.5, 0.6) is 0 Å². The number of carbonyl (C=O) groups is 4. The monoisotopic (exact) mass is 1050 g/mol. The van der Waals surface area contributed by atoms with Crippen LogP contribution in [0.1, 0.15) is 63.5 Å². The third-order valence-corrected chi connectivity index (χ3v) is 10.6. The molecule has 0 saturated carbocycles. The summed E-state index contributed by atoms with van der Waals surface area (Å²) in [5, 5.41) is 8.11. The molecule has 0 spiro atoms. The van der Waals surface area contributed by atoms with E-state index in [1.54, 1.807) is 27.9 Å². The van der Waals surface area contributed by atoms with Crippen molar-refractivity contribution in [2.24, 2.45) is 0 Å². The number of hydrogen-bond acceptors (Lipinski definition) is 18. The predicted octanol–water partition coefficient (Wildman–Crippen LogP) is 3.86. The standard InChI is InChI=1S/C53H85N3O18/c1-53(2,3)74-50(58)41-55-51(59)48(56-52(60)73-42-47-45-13-7-5-11-43(45)44-12-6-8-14-46(44)47)15-9-10-17-54-49(57)16-18-62-21-22-64-25-26-66-29-30-68-33-34-70-37-38-72-40-39-71-36-35-69-32-31-67-28-27-65-24-23-63-20-19-61-4/h5-8,11-14,47-48H,9-10,15-42H2,1-4H3,(H,54,57)(H,55,59)(H,56,60)/t48-/m0/s1. The van der Waals surface area contributed by atoms with Crippen molar-refractivity contribution >= 4 is 23.9 Å². The molecule has 74 heavy (non-hydrogen) atoms. The first-order chi connectivity index (χ1) is 36.1. The molecule has 420 valence electrons. The molecule has 21 nitrogen and oxygen atoms in total. The Labute approximate surface area is 437 Å². The maximum Gasteiger partial charge on any atom is 0.407 e. The van der Waals surface area contributed by atoms with Crippen molar-refractivity contribution in [2.45, 2.75) is 64.0 Å². The van der Waals surface area contributed by atoms with Crippen LogP contribution in [-0.4, -0.2) is 214 Å². The summed E-state index contributed by atoms with van der Waals surface area (Å²) in [7, 11) is 1.64. The fourth-order valence-corrected chi connectivity index (χ4v) is 7.11. The van der Waals surface area contributed by atoms with Crippen LogP contribution in [0.3, 0.4) is 0 Å². The van der Waals surface area contributed by atoms with Gasteiger partial charge < -0.3 is 82.3 Å². The molecule has 0 saturated heterocycles. The lowest BCUT2D eigenvalue weighted by atomic mass is 9.98. The molecule has 3 rings (SSSR count). The number of alkyl carbamates (subject to hydrolysis) is 1. The summed E-state index contributed by atoms with van der Waals surface area (Å²) >= 11 is 0. The second-order valence-corrected chi connectivity index (χ2v) is 17.7. The Kier molecular flexibility index (Phi) is 36.1. The van der Waals surface area contributed by atoms with Gasteiger partial charge in [0, 0.05) is 26.0 Å². The van der Waals surface area contributed by atoms with Gasteiger partial charge in [0.15, 0.2) is 0 Å². The maximum atomic E-state index is 13.2. The Morgan fingerprint density at radius 3 is 1.31 bits per heavy atom. The van der Waals surface area contributed by atoms with Gasteiger partial charge >= 0.3 is 12.1 Å². The quantitative estimate of drug-likeness (QED) is 0.0631. The molecular formula is C53H85N3O18. The summed E-state index contributed by atoms with van der Waals surface area (Å²) in [4.78, 5) is 51.0. The minimum atomic E-state index is -0.983. The predicted molar refractivity (Wildman–Crippen MR) is 273 cm³/mol. The van der Waals surface area contributed by atoms with Crippen LogP contribution in [0, 0.1) is 0 Å². The van der Waals surface area contributed by atoms with Crippen molar-refractivity contribution in [3.63, 3.8) is 0 Å². The van der Waals surface area contributed by atoms with Crippen LogP contribution in [-0.2, 0) is 80.7 Å². The first kappa shape index (κ1) is 63.9. The number of methoxy groups -OCH3 is 1. The van der Waals surface area contributed by atoms with Crippen molar-refractivity contribution < 1.29 is 85.5 Å². The number of rotatable bonds is 47. The van der Waals surface area contributed by atoms with E-state index in [1.807, 2.05) is 36.4 Å². The van der Waals surface area contributed by atoms with E-state index in [0.29, 0.717) is 165 Å². The fraction of sp³-hybridized carbons (Fsp3) is 0.698. The highest BCUT2D eigenvalue weighted by Gasteiger charge is 2.30. The normalized spacial score (nSPS) is 12.5. The van der Waals surface area contributed by atoms with Gasteiger partial charge in [-0.05, 0) is 62.3 Å². The molecule has 0 bridgehead atoms. The lowest BCUT2D eigenvalue weighted by Gasteiger charge is -2.21. The number of hydrogen-bond donors (Lipinski definition) is 3. The van der Waals surface area contributed by atoms with Gasteiger partial charge in [-0.25, -0.2) is 4.79 Å². The van der Waals surface area contributed by atoms with Crippen molar-refractivity contribution in [1.29, 1.82) is 0 Å². The Hall–Kier alpha value is -4.36. The third kappa shape index (κ3) is 31.5. The van der Waals surface area contributed by atoms with Gasteiger partial charge in [-0.1, -0.05) is 48.5 Å². The van der Waals surface area contributed by atoms with E-state index in [0.717, 1.165) is 22.3 Å². The molecule has 1 atom stereocenters. The molecule has 0 heterocycles. The Bertz CT molecular complexity index is 1740. The molecule has 3 N–H and O–H groups in total. The van der Waals surface area contributed by atoms with Crippen LogP contribution >= 0.6 is 0 Å². The van der Waals surface area contributed by atoms with E-state index in [2.05, 4.69) is 28.1 Å². The molecule has 0 fully saturated rings. The van der Waals surface area contributed by atoms with Gasteiger partial charge in [0.05, 0.1) is 152 Å². The average molecular weight is 1050 g/mol. The topological polar surface area (TPSA) is 234 Å². The minimum absolute atomic E-state index is 0.0836. The van der Waals surface area contributed by atoms with Gasteiger partial charge in [-0.2, -0.15) is 0 Å². The van der Waals surface area contributed by atoms with Gasteiger partial charge in [0.25, 0.3) is 0 Å². The third-order valence-electron chi connectivity index (χ3n) is 10.6. The van der Waals surface area contributed by atoms with Crippen LogP contribution in [0.25, 0.3) is 11.1 Å². The highest BCUT2D eigenvalue weighted by Crippen LogP contribution is 2.44. The number of amides is 3. The minimum Gasteiger partial charge on any atom is -0.459 e. The zero-order chi connectivity index (χ0) is 53.2. The molecule has 2 aromatic carbocycles. The fourth-order valence-electron chi connectivity index (χ4n) is 7.11. The summed E-state index contributed by atoms with van der Waals surface area (Å²) in [6, 6.07) is 15.0. The zero-order valence-corrected chi connectivity index (χ0v) is 44.3. The molecule has 1 aliphatic carbocycles. The molecule has 0 unspecified atom stereocenters. The highest BCUT2D eigenvalue weighted by atomic mass is 16.6. The smallest absolute Gasteiger partial charge is 0.407 e. The van der Waals surface area contributed by atoms with Crippen LogP contribution < -0.4 is 16.0 Å². The molecule has 3 amide bonds. The molecule has 0 aromatic heterocycles. The highest BCUT2D eigenvalue weighted by molar-refractivity contribution is 5.88. The summed E-state index contributed by atoms with van der Waals surface area (Å²) < 4.78 is 76.2. The number of carbonyl (C=O) groups excluding carboxylic acids is 4. The molecule has 0 radical (unpaired) electrons. The van der Waals surface area contributed by atoms with Crippen molar-refractivity contribution in [3.05, 3.63) is 59.7 Å². The van der Waals surface area contributed by atoms with Gasteiger partial charge in [0.1, 0.15) is 24.8 Å². The molecular weight excluding hydrogens is 967 g/mol. The van der Waals surface area contributed by atoms with Crippen molar-refractivity contribution in [3.8, 4) is 11.1 Å². The Balaban J connectivity index is 1.08. The van der Waals surface area contributed by atoms with Gasteiger partial charge in [-0.3, -0.25) is 14.4 Å². The SMILES string of the molecule is COCCOCCOCCOCCOCCOCCOCCOCCOCCOCCOCCOCCC(=O)NCCCC[C@H](NC(=O)OCC1c2ccccc2-c2ccccc21)C(=O)NCC(=O)OC(C)(C)C. The molecule has 0 aliphatic heterocycles. The number of nitrogens with one attached hydrogen (secondary N) is 3. The van der Waals surface area contributed by atoms with Crippen LogP contribution in [0.2, 0.25) is 0 Å². The maximum absolute atomic E-state index is 13.2. The number of unbranched alkanes of at least 4 members (excludes halogenated alkanes) is 1. The molecule has 2 aromatic rings. The van der Waals surface area contributed by atoms with Gasteiger partial charge in [-0.15, -0.1) is 0 Å². The van der Waals surface area contributed by atoms with E-state index in [-0.39, 0.29) is 44.4 Å². The van der Waals surface area contributed by atoms with Crippen molar-refractivity contribution in [1.82, 2.24) is 16.0 Å². The number of esters is 1. The van der Waals surface area contributed by atoms with E-state index in [4.69, 9.17) is 66.3 Å². The second kappa shape index (κ2) is 41.8. The van der Waals surface area contributed by atoms with E-state index >= 15 is 0 Å². The van der Waals surface area contributed by atoms with E-state index in [1.165, 1.54) is 0 Å². The summed E-state index contributed by atoms with van der Waals surface area (Å²) in [6.45, 7) is 15.9. The average Bonchev–Trinajstić information content (AvgIpc) is 3.70. The van der Waals surface area contributed by atoms with Crippen LogP contribution in [0.15, 0.2) is 48.5 Å². The largest absolute Gasteiger partial charge is 0.459 e. The molecule has 1 aliphatic rings. The first-order valence-electron chi connectivity index (χ1n) is 25.8. The summed E-state index contributed by atoms with van der Waals surface area (Å²) in [5.41, 5.74) is 3.62. The lowest BCUT2D eigenvalue weighted by Crippen LogP contribution is -2.48. The molecule has 21 heteroatoms. The lowest BCUT2D eigenvalue weighted by molar-refractivity contribution is -0.154. The van der Waals surface area contributed by atoms with Crippen LogP contribution in [0.4, 0.5) is 4.79 Å². The summed E-state index contributed by atoms with van der Waals surface area (Å²) in [6.07, 6.45) is 0.714. The first-order valence-corrected chi connectivity index (χ1v) is 25.8. The number of ether oxygens (including phenoxy) is 14. The Morgan fingerprint density at radius 2 is 0.905 bits per heavy atom. The van der Waals surface area contributed by atoms with E-state index in [9.17, 15) is 19.2 Å². The van der Waals surface area contributed by atoms with Gasteiger partial charge in [0.2, 0.25) is 11.8 Å².